The van der Waals surface area contributed by atoms with Gasteiger partial charge < -0.3 is 10.2 Å². The molecule has 0 aliphatic carbocycles. The average Bonchev–Trinajstić information content (AvgIpc) is 3.43. The Balaban J connectivity index is 1.51. The highest BCUT2D eigenvalue weighted by Crippen LogP contribution is 2.29. The number of aryl methyl sites for hydroxylation is 1. The van der Waals surface area contributed by atoms with Crippen molar-refractivity contribution < 1.29 is 4.79 Å². The number of anilines is 1. The molecule has 0 saturated carbocycles. The minimum absolute atomic E-state index is 0.0713. The van der Waals surface area contributed by atoms with Gasteiger partial charge in [-0.3, -0.25) is 4.79 Å². The normalized spacial score (nSPS) is 13.9. The van der Waals surface area contributed by atoms with Gasteiger partial charge in [-0.05, 0) is 38.3 Å². The van der Waals surface area contributed by atoms with Crippen molar-refractivity contribution in [2.75, 3.05) is 30.3 Å². The Hall–Kier alpha value is -2.61. The maximum atomic E-state index is 12.4. The van der Waals surface area contributed by atoms with Crippen LogP contribution in [0.3, 0.4) is 0 Å². The van der Waals surface area contributed by atoms with Gasteiger partial charge in [0.05, 0.1) is 18.1 Å². The van der Waals surface area contributed by atoms with Crippen LogP contribution in [0.5, 0.6) is 0 Å². The summed E-state index contributed by atoms with van der Waals surface area (Å²) in [4.78, 5) is 24.3. The van der Waals surface area contributed by atoms with Crippen LogP contribution in [0.25, 0.3) is 11.0 Å². The smallest absolute Gasteiger partial charge is 0.251 e. The number of carbonyl (C=O) groups is 1. The second-order valence-electron chi connectivity index (χ2n) is 7.60. The van der Waals surface area contributed by atoms with Crippen LogP contribution in [0.15, 0.2) is 35.6 Å². The van der Waals surface area contributed by atoms with Crippen LogP contribution in [0.1, 0.15) is 42.1 Å². The Kier molecular flexibility index (Phi) is 6.52. The van der Waals surface area contributed by atoms with E-state index in [1.165, 1.54) is 12.8 Å². The van der Waals surface area contributed by atoms with Gasteiger partial charge in [-0.25, -0.2) is 14.6 Å². The van der Waals surface area contributed by atoms with Crippen molar-refractivity contribution in [1.82, 2.24) is 25.1 Å². The van der Waals surface area contributed by atoms with Gasteiger partial charge in [0.15, 0.2) is 10.8 Å². The average molecular weight is 425 g/mol. The van der Waals surface area contributed by atoms with Crippen LogP contribution in [-0.4, -0.2) is 51.0 Å². The summed E-state index contributed by atoms with van der Waals surface area (Å²) in [5.41, 5.74) is 2.65. The molecule has 0 spiro atoms. The fourth-order valence-corrected chi connectivity index (χ4v) is 4.28. The standard InChI is InChI=1S/C22H28N6OS/c1-3-14-30-22-25-19(27-11-4-5-12-27)18-15-24-28(20(18)26-22)13-10-23-21(29)17-8-6-16(2)7-9-17/h6-9,15H,3-5,10-14H2,1-2H3,(H,23,29). The van der Waals surface area contributed by atoms with E-state index in [4.69, 9.17) is 9.97 Å². The third kappa shape index (κ3) is 4.59. The molecular formula is C22H28N6OS. The van der Waals surface area contributed by atoms with Gasteiger partial charge in [0.2, 0.25) is 0 Å². The summed E-state index contributed by atoms with van der Waals surface area (Å²) in [5, 5.41) is 9.33. The molecule has 0 bridgehead atoms. The Labute approximate surface area is 181 Å². The fourth-order valence-electron chi connectivity index (χ4n) is 3.59. The van der Waals surface area contributed by atoms with Crippen molar-refractivity contribution in [3.05, 3.63) is 41.6 Å². The van der Waals surface area contributed by atoms with Crippen LogP contribution >= 0.6 is 11.8 Å². The van der Waals surface area contributed by atoms with Crippen molar-refractivity contribution in [2.45, 2.75) is 44.8 Å². The Morgan fingerprint density at radius 1 is 1.17 bits per heavy atom. The molecule has 30 heavy (non-hydrogen) atoms. The third-order valence-electron chi connectivity index (χ3n) is 5.22. The van der Waals surface area contributed by atoms with E-state index in [9.17, 15) is 4.79 Å². The first kappa shape index (κ1) is 20.7. The second kappa shape index (κ2) is 9.47. The number of amides is 1. The summed E-state index contributed by atoms with van der Waals surface area (Å²) >= 11 is 1.69. The van der Waals surface area contributed by atoms with E-state index in [1.54, 1.807) is 11.8 Å². The molecule has 3 heterocycles. The highest BCUT2D eigenvalue weighted by molar-refractivity contribution is 7.99. The molecule has 8 heteroatoms. The predicted octanol–water partition coefficient (Wildman–Crippen LogP) is 3.67. The number of aromatic nitrogens is 4. The summed E-state index contributed by atoms with van der Waals surface area (Å²) in [6.45, 7) is 7.28. The minimum atomic E-state index is -0.0713. The lowest BCUT2D eigenvalue weighted by molar-refractivity contribution is 0.0952. The number of carbonyl (C=O) groups excluding carboxylic acids is 1. The lowest BCUT2D eigenvalue weighted by Crippen LogP contribution is -2.27. The number of hydrogen-bond donors (Lipinski definition) is 1. The molecule has 2 aromatic heterocycles. The van der Waals surface area contributed by atoms with E-state index in [0.717, 1.165) is 52.8 Å². The minimum Gasteiger partial charge on any atom is -0.356 e. The number of benzene rings is 1. The van der Waals surface area contributed by atoms with Crippen LogP contribution in [0.2, 0.25) is 0 Å². The van der Waals surface area contributed by atoms with E-state index in [0.29, 0.717) is 18.7 Å². The number of rotatable bonds is 8. The van der Waals surface area contributed by atoms with Crippen molar-refractivity contribution in [1.29, 1.82) is 0 Å². The summed E-state index contributed by atoms with van der Waals surface area (Å²) in [5.74, 6) is 1.91. The molecule has 3 aromatic rings. The Bertz CT molecular complexity index is 1010. The Morgan fingerprint density at radius 2 is 1.93 bits per heavy atom. The highest BCUT2D eigenvalue weighted by atomic mass is 32.2. The molecule has 0 radical (unpaired) electrons. The third-order valence-corrected chi connectivity index (χ3v) is 6.27. The van der Waals surface area contributed by atoms with Crippen molar-refractivity contribution >= 4 is 34.5 Å². The van der Waals surface area contributed by atoms with Crippen molar-refractivity contribution in [3.8, 4) is 0 Å². The number of thioether (sulfide) groups is 1. The lowest BCUT2D eigenvalue weighted by atomic mass is 10.1. The molecular weight excluding hydrogens is 396 g/mol. The van der Waals surface area contributed by atoms with Crippen LogP contribution in [-0.2, 0) is 6.54 Å². The molecule has 1 amide bonds. The van der Waals surface area contributed by atoms with Gasteiger partial charge in [0, 0.05) is 31.0 Å². The molecule has 0 atom stereocenters. The summed E-state index contributed by atoms with van der Waals surface area (Å²) in [6.07, 6.45) is 5.33. The molecule has 0 unspecified atom stereocenters. The molecule has 4 rings (SSSR count). The van der Waals surface area contributed by atoms with Crippen LogP contribution < -0.4 is 10.2 Å². The van der Waals surface area contributed by atoms with E-state index in [2.05, 4.69) is 22.2 Å². The largest absolute Gasteiger partial charge is 0.356 e. The van der Waals surface area contributed by atoms with E-state index in [-0.39, 0.29) is 5.91 Å². The highest BCUT2D eigenvalue weighted by Gasteiger charge is 2.20. The number of nitrogens with zero attached hydrogens (tertiary/aromatic N) is 5. The quantitative estimate of drug-likeness (QED) is 0.439. The fraction of sp³-hybridized carbons (Fsp3) is 0.455. The zero-order chi connectivity index (χ0) is 20.9. The van der Waals surface area contributed by atoms with Gasteiger partial charge in [0.1, 0.15) is 5.82 Å². The maximum Gasteiger partial charge on any atom is 0.251 e. The SMILES string of the molecule is CCCSc1nc(N2CCCC2)c2cnn(CCNC(=O)c3ccc(C)cc3)c2n1. The zero-order valence-corrected chi connectivity index (χ0v) is 18.4. The Morgan fingerprint density at radius 3 is 2.67 bits per heavy atom. The molecule has 1 fully saturated rings. The molecule has 1 aromatic carbocycles. The monoisotopic (exact) mass is 424 g/mol. The van der Waals surface area contributed by atoms with Crippen LogP contribution in [0.4, 0.5) is 5.82 Å². The molecule has 158 valence electrons. The van der Waals surface area contributed by atoms with Crippen LogP contribution in [0, 0.1) is 6.92 Å². The van der Waals surface area contributed by atoms with Gasteiger partial charge in [-0.15, -0.1) is 0 Å². The summed E-state index contributed by atoms with van der Waals surface area (Å²) < 4.78 is 1.88. The number of hydrogen-bond acceptors (Lipinski definition) is 6. The number of fused-ring (bicyclic) bond motifs is 1. The topological polar surface area (TPSA) is 75.9 Å². The van der Waals surface area contributed by atoms with Crippen molar-refractivity contribution in [3.63, 3.8) is 0 Å². The van der Waals surface area contributed by atoms with Gasteiger partial charge in [-0.1, -0.05) is 36.4 Å². The van der Waals surface area contributed by atoms with E-state index >= 15 is 0 Å². The second-order valence-corrected chi connectivity index (χ2v) is 8.66. The number of nitrogens with one attached hydrogen (secondary N) is 1. The predicted molar refractivity (Wildman–Crippen MR) is 121 cm³/mol. The first-order valence-electron chi connectivity index (χ1n) is 10.6. The molecule has 1 aliphatic heterocycles. The van der Waals surface area contributed by atoms with E-state index in [1.807, 2.05) is 42.1 Å². The first-order valence-corrected chi connectivity index (χ1v) is 11.6. The lowest BCUT2D eigenvalue weighted by Gasteiger charge is -2.18. The summed E-state index contributed by atoms with van der Waals surface area (Å²) in [7, 11) is 0. The molecule has 1 N–H and O–H groups in total. The molecule has 1 aliphatic rings. The van der Waals surface area contributed by atoms with Gasteiger partial charge in [-0.2, -0.15) is 5.10 Å². The van der Waals surface area contributed by atoms with Gasteiger partial charge in [0.25, 0.3) is 5.91 Å². The molecule has 1 saturated heterocycles. The summed E-state index contributed by atoms with van der Waals surface area (Å²) in [6, 6.07) is 7.59. The van der Waals surface area contributed by atoms with E-state index < -0.39 is 0 Å². The molecule has 7 nitrogen and oxygen atoms in total. The first-order chi connectivity index (χ1) is 14.7. The maximum absolute atomic E-state index is 12.4. The van der Waals surface area contributed by atoms with Crippen molar-refractivity contribution in [2.24, 2.45) is 0 Å². The van der Waals surface area contributed by atoms with Gasteiger partial charge >= 0.3 is 0 Å². The zero-order valence-electron chi connectivity index (χ0n) is 17.6.